The summed E-state index contributed by atoms with van der Waals surface area (Å²) in [6, 6.07) is 7.51. The van der Waals surface area contributed by atoms with Crippen LogP contribution in [0, 0.1) is 5.92 Å². The summed E-state index contributed by atoms with van der Waals surface area (Å²) in [5.74, 6) is 0.578. The van der Waals surface area contributed by atoms with Crippen molar-refractivity contribution in [2.24, 2.45) is 5.92 Å². The first-order chi connectivity index (χ1) is 11.7. The molecule has 1 aliphatic heterocycles. The van der Waals surface area contributed by atoms with Crippen molar-refractivity contribution < 1.29 is 14.3 Å². The second-order valence-electron chi connectivity index (χ2n) is 6.73. The van der Waals surface area contributed by atoms with Crippen LogP contribution in [0.5, 0.6) is 0 Å². The van der Waals surface area contributed by atoms with Gasteiger partial charge in [-0.25, -0.2) is 4.79 Å². The first-order valence-electron chi connectivity index (χ1n) is 9.04. The van der Waals surface area contributed by atoms with Crippen LogP contribution >= 0.6 is 0 Å². The van der Waals surface area contributed by atoms with Gasteiger partial charge in [-0.3, -0.25) is 9.69 Å². The van der Waals surface area contributed by atoms with Crippen molar-refractivity contribution in [2.75, 3.05) is 18.1 Å². The Bertz CT molecular complexity index is 598. The standard InChI is InChI=1S/C19H26N2O3/c1-2-3-10-17(14-6-4-7-14)20-18(22)15-8-5-9-16(13-15)21-11-12-24-19(21)23/h5,8-9,13-14,17H,2-4,6-7,10-12H2,1H3,(H,20,22)/t17-/m1/s1. The van der Waals surface area contributed by atoms with E-state index in [-0.39, 0.29) is 18.0 Å². The third-order valence-corrected chi connectivity index (χ3v) is 5.08. The van der Waals surface area contributed by atoms with E-state index < -0.39 is 0 Å². The first-order valence-corrected chi connectivity index (χ1v) is 9.04. The number of anilines is 1. The number of ether oxygens (including phenoxy) is 1. The number of hydrogen-bond donors (Lipinski definition) is 1. The Hall–Kier alpha value is -2.04. The van der Waals surface area contributed by atoms with E-state index in [0.29, 0.717) is 24.6 Å². The van der Waals surface area contributed by atoms with Gasteiger partial charge in [-0.15, -0.1) is 0 Å². The van der Waals surface area contributed by atoms with E-state index in [0.717, 1.165) is 24.9 Å². The summed E-state index contributed by atoms with van der Waals surface area (Å²) in [5, 5.41) is 3.23. The predicted molar refractivity (Wildman–Crippen MR) is 93.3 cm³/mol. The summed E-state index contributed by atoms with van der Waals surface area (Å²) < 4.78 is 4.97. The van der Waals surface area contributed by atoms with E-state index in [2.05, 4.69) is 12.2 Å². The van der Waals surface area contributed by atoms with Crippen LogP contribution in [0.25, 0.3) is 0 Å². The van der Waals surface area contributed by atoms with E-state index in [1.807, 2.05) is 12.1 Å². The number of nitrogens with zero attached hydrogens (tertiary/aromatic N) is 1. The molecule has 1 atom stereocenters. The molecular weight excluding hydrogens is 304 g/mol. The number of benzene rings is 1. The van der Waals surface area contributed by atoms with Crippen LogP contribution in [0.3, 0.4) is 0 Å². The summed E-state index contributed by atoms with van der Waals surface area (Å²) in [4.78, 5) is 25.9. The zero-order valence-corrected chi connectivity index (χ0v) is 14.3. The molecule has 0 bridgehead atoms. The highest BCUT2D eigenvalue weighted by molar-refractivity contribution is 5.97. The molecule has 130 valence electrons. The van der Waals surface area contributed by atoms with Gasteiger partial charge in [0.05, 0.1) is 6.54 Å². The molecule has 1 saturated heterocycles. The number of nitrogens with one attached hydrogen (secondary N) is 1. The fraction of sp³-hybridized carbons (Fsp3) is 0.579. The van der Waals surface area contributed by atoms with Gasteiger partial charge in [0.15, 0.2) is 0 Å². The lowest BCUT2D eigenvalue weighted by Gasteiger charge is -2.34. The van der Waals surface area contributed by atoms with Crippen molar-refractivity contribution in [3.63, 3.8) is 0 Å². The Labute approximate surface area is 143 Å². The monoisotopic (exact) mass is 330 g/mol. The summed E-state index contributed by atoms with van der Waals surface area (Å²) >= 11 is 0. The third-order valence-electron chi connectivity index (χ3n) is 5.08. The van der Waals surface area contributed by atoms with Crippen LogP contribution in [-0.2, 0) is 4.74 Å². The minimum absolute atomic E-state index is 0.0441. The van der Waals surface area contributed by atoms with Crippen molar-refractivity contribution in [1.29, 1.82) is 0 Å². The molecule has 1 N–H and O–H groups in total. The van der Waals surface area contributed by atoms with E-state index in [1.165, 1.54) is 19.3 Å². The van der Waals surface area contributed by atoms with Gasteiger partial charge in [-0.05, 0) is 43.4 Å². The Balaban J connectivity index is 1.68. The van der Waals surface area contributed by atoms with Crippen molar-refractivity contribution in [2.45, 2.75) is 51.5 Å². The molecule has 0 unspecified atom stereocenters. The molecule has 2 fully saturated rings. The van der Waals surface area contributed by atoms with Crippen LogP contribution in [0.4, 0.5) is 10.5 Å². The summed E-state index contributed by atoms with van der Waals surface area (Å²) in [6.45, 7) is 3.11. The molecule has 2 aliphatic rings. The Morgan fingerprint density at radius 1 is 1.42 bits per heavy atom. The van der Waals surface area contributed by atoms with Gasteiger partial charge < -0.3 is 10.1 Å². The lowest BCUT2D eigenvalue weighted by atomic mass is 9.78. The first kappa shape index (κ1) is 16.8. The Morgan fingerprint density at radius 2 is 2.25 bits per heavy atom. The minimum atomic E-state index is -0.345. The van der Waals surface area contributed by atoms with Gasteiger partial charge in [-0.1, -0.05) is 32.3 Å². The highest BCUT2D eigenvalue weighted by Crippen LogP contribution is 2.32. The number of carbonyl (C=O) groups is 2. The molecule has 5 heteroatoms. The lowest BCUT2D eigenvalue weighted by molar-refractivity contribution is 0.0895. The molecular formula is C19H26N2O3. The summed E-state index contributed by atoms with van der Waals surface area (Å²) in [5.41, 5.74) is 1.33. The second kappa shape index (κ2) is 7.69. The van der Waals surface area contributed by atoms with E-state index >= 15 is 0 Å². The second-order valence-corrected chi connectivity index (χ2v) is 6.73. The SMILES string of the molecule is CCCC[C@@H](NC(=O)c1cccc(N2CCOC2=O)c1)C1CCC1. The van der Waals surface area contributed by atoms with E-state index in [4.69, 9.17) is 4.74 Å². The molecule has 1 heterocycles. The average molecular weight is 330 g/mol. The summed E-state index contributed by atoms with van der Waals surface area (Å²) in [6.07, 6.45) is 6.69. The molecule has 0 radical (unpaired) electrons. The number of hydrogen-bond acceptors (Lipinski definition) is 3. The maximum Gasteiger partial charge on any atom is 0.414 e. The smallest absolute Gasteiger partial charge is 0.414 e. The van der Waals surface area contributed by atoms with E-state index in [9.17, 15) is 9.59 Å². The molecule has 1 aromatic rings. The average Bonchev–Trinajstić information content (AvgIpc) is 2.97. The van der Waals surface area contributed by atoms with Gasteiger partial charge in [0, 0.05) is 17.3 Å². The topological polar surface area (TPSA) is 58.6 Å². The van der Waals surface area contributed by atoms with Gasteiger partial charge in [-0.2, -0.15) is 0 Å². The minimum Gasteiger partial charge on any atom is -0.447 e. The number of carbonyl (C=O) groups excluding carboxylic acids is 2. The van der Waals surface area contributed by atoms with Crippen LogP contribution in [0.15, 0.2) is 24.3 Å². The van der Waals surface area contributed by atoms with Crippen LogP contribution in [0.1, 0.15) is 55.8 Å². The fourth-order valence-corrected chi connectivity index (χ4v) is 3.39. The molecule has 24 heavy (non-hydrogen) atoms. The number of unbranched alkanes of at least 4 members (excludes halogenated alkanes) is 1. The highest BCUT2D eigenvalue weighted by Gasteiger charge is 2.29. The molecule has 3 rings (SSSR count). The normalized spacial score (nSPS) is 18.9. The maximum absolute atomic E-state index is 12.7. The van der Waals surface area contributed by atoms with Crippen molar-refractivity contribution >= 4 is 17.7 Å². The summed E-state index contributed by atoms with van der Waals surface area (Å²) in [7, 11) is 0. The quantitative estimate of drug-likeness (QED) is 0.828. The fourth-order valence-electron chi connectivity index (χ4n) is 3.39. The van der Waals surface area contributed by atoms with Crippen molar-refractivity contribution in [1.82, 2.24) is 5.32 Å². The van der Waals surface area contributed by atoms with Gasteiger partial charge >= 0.3 is 6.09 Å². The van der Waals surface area contributed by atoms with Crippen molar-refractivity contribution in [3.8, 4) is 0 Å². The number of rotatable bonds is 7. The molecule has 0 spiro atoms. The van der Waals surface area contributed by atoms with Crippen LogP contribution < -0.4 is 10.2 Å². The zero-order chi connectivity index (χ0) is 16.9. The molecule has 5 nitrogen and oxygen atoms in total. The lowest BCUT2D eigenvalue weighted by Crippen LogP contribution is -2.42. The van der Waals surface area contributed by atoms with Crippen molar-refractivity contribution in [3.05, 3.63) is 29.8 Å². The van der Waals surface area contributed by atoms with Crippen LogP contribution in [-0.4, -0.2) is 31.2 Å². The van der Waals surface area contributed by atoms with Gasteiger partial charge in [0.1, 0.15) is 6.61 Å². The molecule has 1 aromatic carbocycles. The Morgan fingerprint density at radius 3 is 2.88 bits per heavy atom. The number of cyclic esters (lactones) is 1. The Kier molecular flexibility index (Phi) is 5.38. The maximum atomic E-state index is 12.7. The third kappa shape index (κ3) is 3.71. The van der Waals surface area contributed by atoms with Crippen LogP contribution in [0.2, 0.25) is 0 Å². The molecule has 2 amide bonds. The largest absolute Gasteiger partial charge is 0.447 e. The zero-order valence-electron chi connectivity index (χ0n) is 14.3. The molecule has 1 aliphatic carbocycles. The number of amides is 2. The predicted octanol–water partition coefficient (Wildman–Crippen LogP) is 3.73. The van der Waals surface area contributed by atoms with Gasteiger partial charge in [0.2, 0.25) is 0 Å². The molecule has 1 saturated carbocycles. The van der Waals surface area contributed by atoms with Gasteiger partial charge in [0.25, 0.3) is 5.91 Å². The molecule has 0 aromatic heterocycles. The van der Waals surface area contributed by atoms with E-state index in [1.54, 1.807) is 17.0 Å². The highest BCUT2D eigenvalue weighted by atomic mass is 16.6.